The van der Waals surface area contributed by atoms with Crippen molar-refractivity contribution in [2.45, 2.75) is 0 Å². The number of nitrogens with zero attached hydrogens (tertiary/aromatic N) is 2. The number of halogens is 1. The van der Waals surface area contributed by atoms with E-state index in [4.69, 9.17) is 5.73 Å². The molecule has 4 nitrogen and oxygen atoms in total. The second-order valence-electron chi connectivity index (χ2n) is 4.35. The molecule has 0 aromatic heterocycles. The Hall–Kier alpha value is -1.62. The van der Waals surface area contributed by atoms with E-state index in [2.05, 4.69) is 0 Å². The Balaban J connectivity index is 2.23. The summed E-state index contributed by atoms with van der Waals surface area (Å²) in [4.78, 5) is 15.3. The molecule has 17 heavy (non-hydrogen) atoms. The zero-order valence-electron chi connectivity index (χ0n) is 9.77. The van der Waals surface area contributed by atoms with Crippen molar-refractivity contribution in [1.29, 1.82) is 0 Å². The fraction of sp³-hybridized carbons (Fsp3) is 0.417. The van der Waals surface area contributed by atoms with Crippen LogP contribution >= 0.6 is 0 Å². The Bertz CT molecular complexity index is 407. The Morgan fingerprint density at radius 1 is 1.35 bits per heavy atom. The summed E-state index contributed by atoms with van der Waals surface area (Å²) in [5, 5.41) is 0. The second-order valence-corrected chi connectivity index (χ2v) is 4.35. The maximum Gasteiger partial charge on any atom is 0.324 e. The third-order valence-corrected chi connectivity index (χ3v) is 3.00. The number of carbonyl (C=O) groups is 1. The quantitative estimate of drug-likeness (QED) is 0.842. The molecule has 0 spiro atoms. The van der Waals surface area contributed by atoms with Gasteiger partial charge in [-0.15, -0.1) is 0 Å². The van der Waals surface area contributed by atoms with Crippen LogP contribution in [-0.2, 0) is 0 Å². The van der Waals surface area contributed by atoms with Crippen LogP contribution in [0.5, 0.6) is 0 Å². The maximum absolute atomic E-state index is 12.8. The van der Waals surface area contributed by atoms with Crippen LogP contribution in [0.2, 0.25) is 0 Å². The van der Waals surface area contributed by atoms with E-state index in [-0.39, 0.29) is 17.8 Å². The average molecular weight is 237 g/mol. The summed E-state index contributed by atoms with van der Waals surface area (Å²) in [5.41, 5.74) is 6.36. The molecule has 1 atom stereocenters. The smallest absolute Gasteiger partial charge is 0.324 e. The van der Waals surface area contributed by atoms with Crippen LogP contribution in [0.25, 0.3) is 0 Å². The van der Waals surface area contributed by atoms with E-state index >= 15 is 0 Å². The number of hydrogen-bond donors (Lipinski definition) is 1. The molecule has 0 saturated carbocycles. The minimum absolute atomic E-state index is 0.0682. The summed E-state index contributed by atoms with van der Waals surface area (Å²) in [6, 6.07) is 5.87. The highest BCUT2D eigenvalue weighted by Gasteiger charge is 2.29. The largest absolute Gasteiger partial charge is 0.330 e. The highest BCUT2D eigenvalue weighted by atomic mass is 19.1. The zero-order chi connectivity index (χ0) is 12.4. The summed E-state index contributed by atoms with van der Waals surface area (Å²) in [5.74, 6) is -0.0512. The van der Waals surface area contributed by atoms with Gasteiger partial charge in [-0.1, -0.05) is 0 Å². The predicted molar refractivity (Wildman–Crippen MR) is 64.3 cm³/mol. The first-order valence-electron chi connectivity index (χ1n) is 5.60. The molecule has 0 radical (unpaired) electrons. The summed E-state index contributed by atoms with van der Waals surface area (Å²) in [6.45, 7) is 1.80. The van der Waals surface area contributed by atoms with Crippen LogP contribution in [0, 0.1) is 11.7 Å². The maximum atomic E-state index is 12.8. The van der Waals surface area contributed by atoms with E-state index in [1.807, 2.05) is 0 Å². The molecule has 1 aliphatic rings. The average Bonchev–Trinajstić information content (AvgIpc) is 2.34. The van der Waals surface area contributed by atoms with Gasteiger partial charge in [-0.2, -0.15) is 0 Å². The molecule has 1 unspecified atom stereocenters. The lowest BCUT2D eigenvalue weighted by molar-refractivity contribution is 0.194. The highest BCUT2D eigenvalue weighted by molar-refractivity contribution is 5.92. The minimum Gasteiger partial charge on any atom is -0.330 e. The van der Waals surface area contributed by atoms with Gasteiger partial charge in [0, 0.05) is 31.7 Å². The monoisotopic (exact) mass is 237 g/mol. The molecule has 2 amide bonds. The Morgan fingerprint density at radius 3 is 2.59 bits per heavy atom. The zero-order valence-corrected chi connectivity index (χ0v) is 9.77. The molecule has 0 bridgehead atoms. The molecule has 1 heterocycles. The number of benzene rings is 1. The molecule has 0 aliphatic carbocycles. The van der Waals surface area contributed by atoms with E-state index in [1.165, 1.54) is 12.1 Å². The molecule has 1 aliphatic heterocycles. The number of rotatable bonds is 2. The lowest BCUT2D eigenvalue weighted by Crippen LogP contribution is -2.53. The number of anilines is 1. The van der Waals surface area contributed by atoms with Gasteiger partial charge in [0.15, 0.2) is 0 Å². The van der Waals surface area contributed by atoms with E-state index < -0.39 is 0 Å². The lowest BCUT2D eigenvalue weighted by Gasteiger charge is -2.37. The molecule has 1 fully saturated rings. The van der Waals surface area contributed by atoms with Crippen LogP contribution in [0.3, 0.4) is 0 Å². The summed E-state index contributed by atoms with van der Waals surface area (Å²) >= 11 is 0. The molecule has 2 N–H and O–H groups in total. The molecular formula is C12H16FN3O. The molecule has 1 aromatic rings. The van der Waals surface area contributed by atoms with E-state index in [0.29, 0.717) is 25.3 Å². The van der Waals surface area contributed by atoms with Gasteiger partial charge in [-0.05, 0) is 30.8 Å². The first kappa shape index (κ1) is 11.9. The van der Waals surface area contributed by atoms with Crippen molar-refractivity contribution in [3.05, 3.63) is 30.1 Å². The van der Waals surface area contributed by atoms with Crippen molar-refractivity contribution < 1.29 is 9.18 Å². The number of amides is 2. The fourth-order valence-corrected chi connectivity index (χ4v) is 2.05. The number of hydrogen-bond acceptors (Lipinski definition) is 2. The van der Waals surface area contributed by atoms with Crippen molar-refractivity contribution in [2.24, 2.45) is 11.7 Å². The molecule has 2 rings (SSSR count). The normalized spacial score (nSPS) is 20.9. The summed E-state index contributed by atoms with van der Waals surface area (Å²) < 4.78 is 12.8. The number of urea groups is 1. The fourth-order valence-electron chi connectivity index (χ4n) is 2.05. The van der Waals surface area contributed by atoms with Crippen molar-refractivity contribution in [2.75, 3.05) is 31.6 Å². The van der Waals surface area contributed by atoms with Crippen LogP contribution in [-0.4, -0.2) is 37.6 Å². The first-order chi connectivity index (χ1) is 8.11. The number of nitrogens with two attached hydrogens (primary N) is 1. The van der Waals surface area contributed by atoms with Crippen LogP contribution in [0.1, 0.15) is 0 Å². The van der Waals surface area contributed by atoms with Crippen molar-refractivity contribution >= 4 is 11.7 Å². The third kappa shape index (κ3) is 2.39. The molecule has 5 heteroatoms. The van der Waals surface area contributed by atoms with E-state index in [0.717, 1.165) is 0 Å². The van der Waals surface area contributed by atoms with Gasteiger partial charge in [0.2, 0.25) is 0 Å². The Kier molecular flexibility index (Phi) is 3.28. The van der Waals surface area contributed by atoms with Crippen molar-refractivity contribution in [3.8, 4) is 0 Å². The van der Waals surface area contributed by atoms with Gasteiger partial charge in [0.05, 0.1) is 0 Å². The standard InChI is InChI=1S/C12H16FN3O/c1-15-7-9(6-14)8-16(12(15)17)11-4-2-10(13)3-5-11/h2-5,9H,6-8,14H2,1H3. The van der Waals surface area contributed by atoms with Crippen LogP contribution in [0.15, 0.2) is 24.3 Å². The van der Waals surface area contributed by atoms with Gasteiger partial charge < -0.3 is 10.6 Å². The van der Waals surface area contributed by atoms with Gasteiger partial charge in [-0.25, -0.2) is 9.18 Å². The van der Waals surface area contributed by atoms with Crippen LogP contribution in [0.4, 0.5) is 14.9 Å². The highest BCUT2D eigenvalue weighted by Crippen LogP contribution is 2.21. The summed E-state index contributed by atoms with van der Waals surface area (Å²) in [7, 11) is 1.75. The van der Waals surface area contributed by atoms with Gasteiger partial charge in [-0.3, -0.25) is 4.90 Å². The number of carbonyl (C=O) groups excluding carboxylic acids is 1. The Morgan fingerprint density at radius 2 is 2.00 bits per heavy atom. The van der Waals surface area contributed by atoms with Crippen LogP contribution < -0.4 is 10.6 Å². The predicted octanol–water partition coefficient (Wildman–Crippen LogP) is 1.27. The minimum atomic E-state index is -0.304. The molecule has 1 aromatic carbocycles. The van der Waals surface area contributed by atoms with Gasteiger partial charge >= 0.3 is 6.03 Å². The van der Waals surface area contributed by atoms with Crippen molar-refractivity contribution in [1.82, 2.24) is 4.90 Å². The lowest BCUT2D eigenvalue weighted by atomic mass is 10.1. The van der Waals surface area contributed by atoms with Crippen molar-refractivity contribution in [3.63, 3.8) is 0 Å². The van der Waals surface area contributed by atoms with Gasteiger partial charge in [0.1, 0.15) is 5.82 Å². The molecule has 92 valence electrons. The topological polar surface area (TPSA) is 49.6 Å². The second kappa shape index (κ2) is 4.71. The third-order valence-electron chi connectivity index (χ3n) is 3.00. The van der Waals surface area contributed by atoms with Gasteiger partial charge in [0.25, 0.3) is 0 Å². The summed E-state index contributed by atoms with van der Waals surface area (Å²) in [6.07, 6.45) is 0. The van der Waals surface area contributed by atoms with E-state index in [9.17, 15) is 9.18 Å². The first-order valence-corrected chi connectivity index (χ1v) is 5.60. The Labute approximate surface area is 99.8 Å². The SMILES string of the molecule is CN1CC(CN)CN(c2ccc(F)cc2)C1=O. The molecular weight excluding hydrogens is 221 g/mol. The van der Waals surface area contributed by atoms with E-state index in [1.54, 1.807) is 29.0 Å². The molecule has 1 saturated heterocycles.